The van der Waals surface area contributed by atoms with Gasteiger partial charge in [-0.3, -0.25) is 62.5 Å². The van der Waals surface area contributed by atoms with Gasteiger partial charge in [0.2, 0.25) is 65.0 Å². The molecule has 0 aliphatic carbocycles. The van der Waals surface area contributed by atoms with Crippen molar-refractivity contribution in [3.63, 3.8) is 0 Å². The van der Waals surface area contributed by atoms with Crippen LogP contribution >= 0.6 is 21.6 Å². The molecule has 35 heteroatoms. The summed E-state index contributed by atoms with van der Waals surface area (Å²) in [6.07, 6.45) is -0.847. The number of nitrogens with one attached hydrogen (secondary N) is 10. The third-order valence-electron chi connectivity index (χ3n) is 10.5. The summed E-state index contributed by atoms with van der Waals surface area (Å²) in [4.78, 5) is 172. The lowest BCUT2D eigenvalue weighted by Gasteiger charge is -2.29. The van der Waals surface area contributed by atoms with E-state index in [1.54, 1.807) is 0 Å². The Bertz CT molecular complexity index is 2100. The summed E-state index contributed by atoms with van der Waals surface area (Å²) in [7, 11) is 1.79. The highest BCUT2D eigenvalue weighted by Crippen LogP contribution is 2.23. The summed E-state index contributed by atoms with van der Waals surface area (Å²) < 4.78 is 0. The number of aliphatic imine (C=N–C) groups is 1. The van der Waals surface area contributed by atoms with Crippen molar-refractivity contribution in [2.45, 2.75) is 93.4 Å². The lowest BCUT2D eigenvalue weighted by Crippen LogP contribution is -2.60. The predicted molar refractivity (Wildman–Crippen MR) is 257 cm³/mol. The van der Waals surface area contributed by atoms with E-state index in [2.05, 4.69) is 58.2 Å². The van der Waals surface area contributed by atoms with Gasteiger partial charge in [0.1, 0.15) is 48.3 Å². The number of carbonyl (C=O) groups is 13. The van der Waals surface area contributed by atoms with Crippen LogP contribution < -0.4 is 70.4 Å². The van der Waals surface area contributed by atoms with Gasteiger partial charge in [-0.05, 0) is 32.6 Å². The summed E-state index contributed by atoms with van der Waals surface area (Å²) in [6.45, 7) is -4.60. The van der Waals surface area contributed by atoms with E-state index in [-0.39, 0.29) is 56.2 Å². The topological polar surface area (TPSA) is 537 Å². The number of carboxylic acids is 2. The average Bonchev–Trinajstić information content (AvgIpc) is 3.85. The number of aliphatic carboxylic acids is 2. The first-order chi connectivity index (χ1) is 34.9. The normalized spacial score (nSPS) is 27.0. The molecule has 0 aromatic heterocycles. The summed E-state index contributed by atoms with van der Waals surface area (Å²) in [5, 5.41) is 70.9. The number of rotatable bonds is 10. The quantitative estimate of drug-likeness (QED) is 0.0418. The highest BCUT2D eigenvalue weighted by molar-refractivity contribution is 8.76. The number of carbonyl (C=O) groups excluding carboxylic acids is 11. The number of carboxylic acid groups (broad SMARTS) is 2. The number of aliphatic hydroxyl groups is 3. The van der Waals surface area contributed by atoms with Gasteiger partial charge < -0.3 is 101 Å². The van der Waals surface area contributed by atoms with E-state index in [4.69, 9.17) is 17.2 Å². The van der Waals surface area contributed by atoms with Crippen LogP contribution in [0.25, 0.3) is 0 Å². The zero-order valence-corrected chi connectivity index (χ0v) is 41.4. The molecule has 2 saturated heterocycles. The Morgan fingerprint density at radius 3 is 1.76 bits per heavy atom. The highest BCUT2D eigenvalue weighted by atomic mass is 33.1. The maximum absolute atomic E-state index is 13.7. The molecule has 2 heterocycles. The van der Waals surface area contributed by atoms with Crippen LogP contribution in [-0.2, 0) is 62.3 Å². The molecule has 2 rings (SSSR count). The van der Waals surface area contributed by atoms with Crippen molar-refractivity contribution >= 4 is 104 Å². The minimum absolute atomic E-state index is 0.00000486. The lowest BCUT2D eigenvalue weighted by molar-refractivity contribution is -0.144. The first-order valence-corrected chi connectivity index (χ1v) is 25.0. The summed E-state index contributed by atoms with van der Waals surface area (Å²) in [5.74, 6) is -15.3. The Balaban J connectivity index is 2.38. The van der Waals surface area contributed by atoms with Crippen LogP contribution in [-0.4, -0.2) is 232 Å². The minimum Gasteiger partial charge on any atom is -0.481 e. The molecule has 2 fully saturated rings. The molecule has 11 amide bonds. The van der Waals surface area contributed by atoms with Crippen molar-refractivity contribution < 1.29 is 87.9 Å². The molecule has 33 nitrogen and oxygen atoms in total. The number of guanidine groups is 1. The number of amides is 11. The smallest absolute Gasteiger partial charge is 0.327 e. The summed E-state index contributed by atoms with van der Waals surface area (Å²) in [5.41, 5.74) is 16.8. The molecule has 21 N–H and O–H groups in total. The van der Waals surface area contributed by atoms with E-state index >= 15 is 0 Å². The van der Waals surface area contributed by atoms with Crippen LogP contribution in [0.5, 0.6) is 0 Å². The standard InChI is InChI=1S/C39H63N15O18S2/c1-17-30(63)51-22(13-56)35(68)52-21(12-55)33(66)45-9-26(58)44-10-27(59)49-24(38(71)72)16-74-73-15-18(40)31(64)50-19(4-2-6-43-39(41)42)32(65)46-11-28(60)48-20(8-29(61)62)34(67)53-23(14-57)37(70)54-7-3-5-25(54)36(69)47-17/h17-25,55-57H,2-16,40H2,1H3,(H,44,58)(H,45,66)(H,46,65)(H,47,69)(H,48,60)(H,49,59)(H,50,64)(H,51,63)(H,52,68)(H,53,67)(H,61,62)(H,71,72)(H4,41,42,43)/t17-,18-,19-,20-,21-,22-,23-,24-,25-/m0/s1. The maximum atomic E-state index is 13.7. The lowest BCUT2D eigenvalue weighted by atomic mass is 10.1. The van der Waals surface area contributed by atoms with Crippen molar-refractivity contribution in [3.8, 4) is 0 Å². The van der Waals surface area contributed by atoms with Crippen molar-refractivity contribution in [2.24, 2.45) is 22.2 Å². The van der Waals surface area contributed by atoms with E-state index in [0.29, 0.717) is 0 Å². The fourth-order valence-corrected chi connectivity index (χ4v) is 8.81. The summed E-state index contributed by atoms with van der Waals surface area (Å²) >= 11 is 0. The van der Waals surface area contributed by atoms with Crippen LogP contribution in [0.2, 0.25) is 0 Å². The number of fused-ring (bicyclic) bond motifs is 1. The number of nitrogens with two attached hydrogens (primary N) is 3. The molecule has 0 spiro atoms. The fourth-order valence-electron chi connectivity index (χ4n) is 6.53. The Morgan fingerprint density at radius 2 is 1.15 bits per heavy atom. The maximum Gasteiger partial charge on any atom is 0.327 e. The molecule has 0 aromatic rings. The van der Waals surface area contributed by atoms with E-state index < -0.39 is 177 Å². The van der Waals surface area contributed by atoms with Crippen molar-refractivity contribution in [2.75, 3.05) is 64.1 Å². The average molecular weight is 1090 g/mol. The predicted octanol–water partition coefficient (Wildman–Crippen LogP) is -10.9. The van der Waals surface area contributed by atoms with Gasteiger partial charge >= 0.3 is 11.9 Å². The first kappa shape index (κ1) is 63.0. The zero-order valence-electron chi connectivity index (χ0n) is 39.8. The summed E-state index contributed by atoms with van der Waals surface area (Å²) in [6, 6.07) is -14.2. The fraction of sp³-hybridized carbons (Fsp3) is 0.641. The first-order valence-electron chi connectivity index (χ1n) is 22.5. The van der Waals surface area contributed by atoms with Crippen LogP contribution in [0, 0.1) is 0 Å². The van der Waals surface area contributed by atoms with Crippen LogP contribution in [0.15, 0.2) is 4.99 Å². The highest BCUT2D eigenvalue weighted by Gasteiger charge is 2.40. The van der Waals surface area contributed by atoms with E-state index in [1.165, 1.54) is 6.92 Å². The Morgan fingerprint density at radius 1 is 0.622 bits per heavy atom. The molecule has 0 unspecified atom stereocenters. The molecule has 0 aromatic carbocycles. The van der Waals surface area contributed by atoms with Gasteiger partial charge in [-0.25, -0.2) is 4.79 Å². The largest absolute Gasteiger partial charge is 0.481 e. The molecule has 9 atom stereocenters. The van der Waals surface area contributed by atoms with Gasteiger partial charge in [0.25, 0.3) is 0 Å². The van der Waals surface area contributed by atoms with Gasteiger partial charge in [-0.15, -0.1) is 0 Å². The molecule has 2 aliphatic heterocycles. The van der Waals surface area contributed by atoms with Gasteiger partial charge in [0.15, 0.2) is 5.96 Å². The van der Waals surface area contributed by atoms with Gasteiger partial charge in [-0.1, -0.05) is 21.6 Å². The number of aliphatic hydroxyl groups excluding tert-OH is 3. The van der Waals surface area contributed by atoms with Gasteiger partial charge in [0.05, 0.1) is 51.9 Å². The second kappa shape index (κ2) is 32.2. The molecule has 74 heavy (non-hydrogen) atoms. The minimum atomic E-state index is -1.91. The van der Waals surface area contributed by atoms with Crippen molar-refractivity contribution in [1.29, 1.82) is 0 Å². The van der Waals surface area contributed by atoms with E-state index in [9.17, 15) is 87.9 Å². The third kappa shape index (κ3) is 22.0. The third-order valence-corrected chi connectivity index (χ3v) is 12.9. The van der Waals surface area contributed by atoms with Crippen LogP contribution in [0.1, 0.15) is 39.0 Å². The zero-order chi connectivity index (χ0) is 55.7. The van der Waals surface area contributed by atoms with E-state index in [1.807, 2.05) is 0 Å². The molecular formula is C39H63N15O18S2. The van der Waals surface area contributed by atoms with Crippen LogP contribution in [0.4, 0.5) is 0 Å². The van der Waals surface area contributed by atoms with Crippen molar-refractivity contribution in [1.82, 2.24) is 58.1 Å². The monoisotopic (exact) mass is 1090 g/mol. The molecule has 0 radical (unpaired) electrons. The molecule has 0 bridgehead atoms. The molecular weight excluding hydrogens is 1030 g/mol. The molecule has 0 saturated carbocycles. The SMILES string of the molecule is C[C@@H]1NC(=O)[C@@H]2CCCN2C(=O)[C@H](CO)NC(=O)[C@H](CC(=O)O)NC(=O)CNC(=O)[C@H](CCCN=C(N)N)NC(=O)[C@@H](N)CSSC[C@@H](C(=O)O)NC(=O)CNC(=O)CNC(=O)[C@H](CO)NC(=O)[C@H](CO)NC1=O. The van der Waals surface area contributed by atoms with Crippen molar-refractivity contribution in [3.05, 3.63) is 0 Å². The number of nitrogens with zero attached hydrogens (tertiary/aromatic N) is 2. The Hall–Kier alpha value is -7.08. The van der Waals surface area contributed by atoms with E-state index in [0.717, 1.165) is 26.5 Å². The second-order valence-corrected chi connectivity index (χ2v) is 18.8. The number of hydrogen-bond acceptors (Lipinski definition) is 20. The Labute approximate surface area is 428 Å². The number of hydrogen-bond donors (Lipinski definition) is 18. The molecule has 414 valence electrons. The van der Waals surface area contributed by atoms with Gasteiger partial charge in [0, 0.05) is 24.6 Å². The molecule has 2 aliphatic rings. The van der Waals surface area contributed by atoms with Gasteiger partial charge in [-0.2, -0.15) is 0 Å². The second-order valence-electron chi connectivity index (χ2n) is 16.2. The Kier molecular flexibility index (Phi) is 27.4. The van der Waals surface area contributed by atoms with Crippen LogP contribution in [0.3, 0.4) is 0 Å².